The van der Waals surface area contributed by atoms with Gasteiger partial charge in [-0.1, -0.05) is 25.1 Å². The molecule has 1 heterocycles. The lowest BCUT2D eigenvalue weighted by atomic mass is 10.1. The minimum absolute atomic E-state index is 0.0108. The van der Waals surface area contributed by atoms with Crippen molar-refractivity contribution in [3.63, 3.8) is 0 Å². The van der Waals surface area contributed by atoms with Gasteiger partial charge >= 0.3 is 11.7 Å². The second-order valence-corrected chi connectivity index (χ2v) is 7.41. The molecule has 7 nitrogen and oxygen atoms in total. The summed E-state index contributed by atoms with van der Waals surface area (Å²) in [5.74, 6) is -0.921. The van der Waals surface area contributed by atoms with E-state index in [0.29, 0.717) is 12.2 Å². The fraction of sp³-hybridized carbons (Fsp3) is 0.348. The van der Waals surface area contributed by atoms with Crippen LogP contribution in [0.2, 0.25) is 0 Å². The lowest BCUT2D eigenvalue weighted by molar-refractivity contribution is -0.147. The standard InChI is InChI=1S/C23H27N3O4/c1-4-10-25-19-7-5-6-8-20(19)26(23(25)29)11-9-22(28)30-15-21(27)24-18-13-16(2)12-17(3)14-18/h5-8,12-14H,4,9-11,15H2,1-3H3,(H,24,27). The number of fused-ring (bicyclic) bond motifs is 1. The Labute approximate surface area is 175 Å². The Kier molecular flexibility index (Phi) is 6.72. The largest absolute Gasteiger partial charge is 0.456 e. The molecular weight excluding hydrogens is 382 g/mol. The summed E-state index contributed by atoms with van der Waals surface area (Å²) >= 11 is 0. The highest BCUT2D eigenvalue weighted by Crippen LogP contribution is 2.15. The average molecular weight is 409 g/mol. The molecule has 0 unspecified atom stereocenters. The summed E-state index contributed by atoms with van der Waals surface area (Å²) < 4.78 is 8.40. The molecule has 0 aliphatic carbocycles. The van der Waals surface area contributed by atoms with Gasteiger partial charge in [0.2, 0.25) is 0 Å². The van der Waals surface area contributed by atoms with Crippen molar-refractivity contribution in [1.29, 1.82) is 0 Å². The minimum Gasteiger partial charge on any atom is -0.456 e. The number of benzene rings is 2. The van der Waals surface area contributed by atoms with E-state index >= 15 is 0 Å². The van der Waals surface area contributed by atoms with Crippen molar-refractivity contribution < 1.29 is 14.3 Å². The van der Waals surface area contributed by atoms with Crippen LogP contribution in [0.4, 0.5) is 5.69 Å². The maximum Gasteiger partial charge on any atom is 0.329 e. The van der Waals surface area contributed by atoms with Crippen molar-refractivity contribution >= 4 is 28.6 Å². The number of nitrogens with zero attached hydrogens (tertiary/aromatic N) is 2. The zero-order valence-corrected chi connectivity index (χ0v) is 17.6. The van der Waals surface area contributed by atoms with Crippen molar-refractivity contribution in [3.05, 3.63) is 64.1 Å². The third kappa shape index (κ3) is 4.97. The molecule has 1 aromatic heterocycles. The number of nitrogens with one attached hydrogen (secondary N) is 1. The van der Waals surface area contributed by atoms with Gasteiger partial charge in [0.25, 0.3) is 5.91 Å². The molecule has 0 bridgehead atoms. The molecule has 3 rings (SSSR count). The van der Waals surface area contributed by atoms with Crippen LogP contribution in [0.5, 0.6) is 0 Å². The molecule has 3 aromatic rings. The summed E-state index contributed by atoms with van der Waals surface area (Å²) in [6, 6.07) is 13.2. The van der Waals surface area contributed by atoms with Gasteiger partial charge < -0.3 is 10.1 Å². The molecular formula is C23H27N3O4. The lowest BCUT2D eigenvalue weighted by Crippen LogP contribution is -2.26. The molecule has 7 heteroatoms. The van der Waals surface area contributed by atoms with Gasteiger partial charge in [0.1, 0.15) is 0 Å². The van der Waals surface area contributed by atoms with Gasteiger partial charge in [-0.15, -0.1) is 0 Å². The highest BCUT2D eigenvalue weighted by atomic mass is 16.5. The summed E-state index contributed by atoms with van der Waals surface area (Å²) in [5, 5.41) is 2.73. The fourth-order valence-electron chi connectivity index (χ4n) is 3.59. The van der Waals surface area contributed by atoms with Gasteiger partial charge in [-0.3, -0.25) is 18.7 Å². The molecule has 0 spiro atoms. The Bertz CT molecular complexity index is 1110. The number of ether oxygens (including phenoxy) is 1. The quantitative estimate of drug-likeness (QED) is 0.578. The number of aromatic nitrogens is 2. The van der Waals surface area contributed by atoms with E-state index in [9.17, 15) is 14.4 Å². The van der Waals surface area contributed by atoms with Crippen LogP contribution in [0.25, 0.3) is 11.0 Å². The predicted molar refractivity (Wildman–Crippen MR) is 117 cm³/mol. The SMILES string of the molecule is CCCn1c(=O)n(CCC(=O)OCC(=O)Nc2cc(C)cc(C)c2)c2ccccc21. The number of rotatable bonds is 8. The van der Waals surface area contributed by atoms with E-state index in [2.05, 4.69) is 5.32 Å². The summed E-state index contributed by atoms with van der Waals surface area (Å²) in [4.78, 5) is 36.9. The number of para-hydroxylation sites is 2. The number of carbonyl (C=O) groups excluding carboxylic acids is 2. The zero-order valence-electron chi connectivity index (χ0n) is 17.6. The Morgan fingerprint density at radius 2 is 1.57 bits per heavy atom. The van der Waals surface area contributed by atoms with Crippen LogP contribution in [-0.2, 0) is 27.4 Å². The second kappa shape index (κ2) is 9.43. The number of imidazole rings is 1. The first-order valence-electron chi connectivity index (χ1n) is 10.1. The fourth-order valence-corrected chi connectivity index (χ4v) is 3.59. The molecule has 1 amide bonds. The summed E-state index contributed by atoms with van der Waals surface area (Å²) in [6.45, 7) is 6.37. The second-order valence-electron chi connectivity index (χ2n) is 7.41. The van der Waals surface area contributed by atoms with Gasteiger partial charge in [-0.05, 0) is 55.7 Å². The third-order valence-corrected chi connectivity index (χ3v) is 4.78. The van der Waals surface area contributed by atoms with E-state index in [4.69, 9.17) is 4.74 Å². The maximum atomic E-state index is 12.7. The van der Waals surface area contributed by atoms with Crippen LogP contribution in [0.3, 0.4) is 0 Å². The van der Waals surface area contributed by atoms with Crippen molar-refractivity contribution in [2.45, 2.75) is 46.7 Å². The third-order valence-electron chi connectivity index (χ3n) is 4.78. The van der Waals surface area contributed by atoms with Gasteiger partial charge in [-0.2, -0.15) is 0 Å². The smallest absolute Gasteiger partial charge is 0.329 e. The van der Waals surface area contributed by atoms with E-state index in [1.807, 2.05) is 63.2 Å². The number of carbonyl (C=O) groups is 2. The highest BCUT2D eigenvalue weighted by Gasteiger charge is 2.14. The minimum atomic E-state index is -0.523. The summed E-state index contributed by atoms with van der Waals surface area (Å²) in [5.41, 5.74) is 4.24. The van der Waals surface area contributed by atoms with Gasteiger partial charge in [0.15, 0.2) is 6.61 Å². The van der Waals surface area contributed by atoms with Crippen LogP contribution in [0, 0.1) is 13.8 Å². The van der Waals surface area contributed by atoms with E-state index in [1.54, 1.807) is 9.13 Å². The van der Waals surface area contributed by atoms with Crippen molar-refractivity contribution in [2.24, 2.45) is 0 Å². The molecule has 30 heavy (non-hydrogen) atoms. The first-order chi connectivity index (χ1) is 14.4. The van der Waals surface area contributed by atoms with Crippen molar-refractivity contribution in [3.8, 4) is 0 Å². The Balaban J connectivity index is 1.58. The average Bonchev–Trinajstić information content (AvgIpc) is 2.96. The van der Waals surface area contributed by atoms with Crippen LogP contribution >= 0.6 is 0 Å². The maximum absolute atomic E-state index is 12.7. The Morgan fingerprint density at radius 1 is 0.967 bits per heavy atom. The van der Waals surface area contributed by atoms with Crippen molar-refractivity contribution in [2.75, 3.05) is 11.9 Å². The van der Waals surface area contributed by atoms with E-state index in [1.165, 1.54) is 0 Å². The number of anilines is 1. The van der Waals surface area contributed by atoms with Crippen LogP contribution in [0.15, 0.2) is 47.3 Å². The topological polar surface area (TPSA) is 82.3 Å². The molecule has 0 saturated heterocycles. The molecule has 0 saturated carbocycles. The molecule has 0 atom stereocenters. The first kappa shape index (κ1) is 21.4. The van der Waals surface area contributed by atoms with Crippen LogP contribution < -0.4 is 11.0 Å². The first-order valence-corrected chi connectivity index (χ1v) is 10.1. The van der Waals surface area contributed by atoms with Gasteiger partial charge in [0.05, 0.1) is 17.5 Å². The van der Waals surface area contributed by atoms with Crippen LogP contribution in [0.1, 0.15) is 30.9 Å². The molecule has 1 N–H and O–H groups in total. The number of esters is 1. The lowest BCUT2D eigenvalue weighted by Gasteiger charge is -2.08. The molecule has 0 radical (unpaired) electrons. The van der Waals surface area contributed by atoms with E-state index in [-0.39, 0.29) is 25.3 Å². The number of hydrogen-bond donors (Lipinski definition) is 1. The monoisotopic (exact) mass is 409 g/mol. The van der Waals surface area contributed by atoms with Gasteiger partial charge in [0, 0.05) is 18.8 Å². The number of amides is 1. The molecule has 2 aromatic carbocycles. The molecule has 158 valence electrons. The number of hydrogen-bond acceptors (Lipinski definition) is 4. The molecule has 0 fully saturated rings. The molecule has 0 aliphatic rings. The van der Waals surface area contributed by atoms with Gasteiger partial charge in [-0.25, -0.2) is 4.79 Å². The Hall–Kier alpha value is -3.35. The molecule has 0 aliphatic heterocycles. The van der Waals surface area contributed by atoms with E-state index < -0.39 is 11.9 Å². The zero-order chi connectivity index (χ0) is 21.7. The predicted octanol–water partition coefficient (Wildman–Crippen LogP) is 3.40. The summed E-state index contributed by atoms with van der Waals surface area (Å²) in [6.07, 6.45) is 0.850. The number of aryl methyl sites for hydroxylation is 4. The summed E-state index contributed by atoms with van der Waals surface area (Å²) in [7, 11) is 0. The van der Waals surface area contributed by atoms with E-state index in [0.717, 1.165) is 28.6 Å². The highest BCUT2D eigenvalue weighted by molar-refractivity contribution is 5.93. The Morgan fingerprint density at radius 3 is 2.17 bits per heavy atom. The van der Waals surface area contributed by atoms with Crippen molar-refractivity contribution in [1.82, 2.24) is 9.13 Å². The normalized spacial score (nSPS) is 10.9. The van der Waals surface area contributed by atoms with Crippen LogP contribution in [-0.4, -0.2) is 27.6 Å².